The van der Waals surface area contributed by atoms with Gasteiger partial charge in [0.2, 0.25) is 5.91 Å². The number of aryl methyl sites for hydroxylation is 1. The van der Waals surface area contributed by atoms with Crippen molar-refractivity contribution >= 4 is 11.6 Å². The lowest BCUT2D eigenvalue weighted by Crippen LogP contribution is -2.55. The minimum absolute atomic E-state index is 0.0398. The molecule has 1 aromatic carbocycles. The molecule has 0 bridgehead atoms. The maximum Gasteiger partial charge on any atom is 0.242 e. The van der Waals surface area contributed by atoms with Gasteiger partial charge in [-0.2, -0.15) is 0 Å². The summed E-state index contributed by atoms with van der Waals surface area (Å²) >= 11 is 0. The lowest BCUT2D eigenvalue weighted by atomic mass is 10.0. The van der Waals surface area contributed by atoms with Crippen LogP contribution in [0.1, 0.15) is 31.4 Å². The second-order valence-electron chi connectivity index (χ2n) is 5.31. The van der Waals surface area contributed by atoms with Crippen molar-refractivity contribution in [1.29, 1.82) is 0 Å². The van der Waals surface area contributed by atoms with Crippen molar-refractivity contribution < 1.29 is 4.79 Å². The Morgan fingerprint density at radius 2 is 2.20 bits per heavy atom. The van der Waals surface area contributed by atoms with E-state index in [4.69, 9.17) is 0 Å². The Morgan fingerprint density at radius 1 is 1.40 bits per heavy atom. The summed E-state index contributed by atoms with van der Waals surface area (Å²) in [6.07, 6.45) is 0.838. The van der Waals surface area contributed by atoms with Crippen LogP contribution in [0.2, 0.25) is 0 Å². The molecule has 0 spiro atoms. The smallest absolute Gasteiger partial charge is 0.242 e. The first kappa shape index (κ1) is 14.9. The summed E-state index contributed by atoms with van der Waals surface area (Å²) < 4.78 is 0. The van der Waals surface area contributed by atoms with Crippen molar-refractivity contribution in [3.05, 3.63) is 29.3 Å². The molecule has 1 aromatic rings. The van der Waals surface area contributed by atoms with Gasteiger partial charge in [-0.05, 0) is 37.1 Å². The van der Waals surface area contributed by atoms with Crippen molar-refractivity contribution in [1.82, 2.24) is 10.6 Å². The number of nitrogens with one attached hydrogen (secondary N) is 2. The largest absolute Gasteiger partial charge is 0.358 e. The average Bonchev–Trinajstić information content (AvgIpc) is 2.45. The van der Waals surface area contributed by atoms with Crippen LogP contribution in [-0.2, 0) is 11.3 Å². The Morgan fingerprint density at radius 3 is 2.85 bits per heavy atom. The predicted octanol–water partition coefficient (Wildman–Crippen LogP) is 1.82. The number of rotatable bonds is 5. The third-order valence-electron chi connectivity index (χ3n) is 3.87. The van der Waals surface area contributed by atoms with Crippen molar-refractivity contribution in [2.24, 2.45) is 0 Å². The summed E-state index contributed by atoms with van der Waals surface area (Å²) in [6.45, 7) is 9.80. The number of piperazine rings is 1. The van der Waals surface area contributed by atoms with Gasteiger partial charge in [0.05, 0.1) is 0 Å². The van der Waals surface area contributed by atoms with E-state index in [1.54, 1.807) is 0 Å². The number of hydrogen-bond donors (Lipinski definition) is 2. The van der Waals surface area contributed by atoms with Gasteiger partial charge in [0.1, 0.15) is 6.04 Å². The molecule has 4 heteroatoms. The predicted molar refractivity (Wildman–Crippen MR) is 83.0 cm³/mol. The van der Waals surface area contributed by atoms with Gasteiger partial charge in [-0.15, -0.1) is 0 Å². The van der Waals surface area contributed by atoms with E-state index in [0.29, 0.717) is 0 Å². The normalized spacial score (nSPS) is 19.1. The Hall–Kier alpha value is -1.55. The molecule has 1 heterocycles. The van der Waals surface area contributed by atoms with Gasteiger partial charge in [0.25, 0.3) is 0 Å². The second-order valence-corrected chi connectivity index (χ2v) is 5.31. The van der Waals surface area contributed by atoms with E-state index < -0.39 is 0 Å². The minimum Gasteiger partial charge on any atom is -0.358 e. The molecule has 0 radical (unpaired) electrons. The lowest BCUT2D eigenvalue weighted by molar-refractivity contribution is -0.123. The van der Waals surface area contributed by atoms with E-state index in [1.165, 1.54) is 16.8 Å². The molecule has 4 nitrogen and oxygen atoms in total. The quantitative estimate of drug-likeness (QED) is 0.861. The average molecular weight is 275 g/mol. The zero-order valence-corrected chi connectivity index (χ0v) is 12.7. The molecule has 1 aliphatic heterocycles. The molecule has 0 aliphatic carbocycles. The molecular weight excluding hydrogens is 250 g/mol. The lowest BCUT2D eigenvalue weighted by Gasteiger charge is -2.37. The Kier molecular flexibility index (Phi) is 5.01. The van der Waals surface area contributed by atoms with Crippen LogP contribution in [0.4, 0.5) is 5.69 Å². The first-order chi connectivity index (χ1) is 9.67. The van der Waals surface area contributed by atoms with Crippen molar-refractivity contribution in [3.63, 3.8) is 0 Å². The molecule has 1 fully saturated rings. The molecular formula is C16H25N3O. The van der Waals surface area contributed by atoms with Crippen LogP contribution in [0.3, 0.4) is 0 Å². The first-order valence-corrected chi connectivity index (χ1v) is 7.52. The molecule has 1 atom stereocenters. The third-order valence-corrected chi connectivity index (χ3v) is 3.87. The highest BCUT2D eigenvalue weighted by Crippen LogP contribution is 2.25. The number of hydrogen-bond acceptors (Lipinski definition) is 3. The van der Waals surface area contributed by atoms with Crippen LogP contribution < -0.4 is 15.5 Å². The van der Waals surface area contributed by atoms with Crippen molar-refractivity contribution in [3.8, 4) is 0 Å². The van der Waals surface area contributed by atoms with Crippen LogP contribution in [0, 0.1) is 6.92 Å². The Labute approximate surface area is 121 Å². The number of benzene rings is 1. The van der Waals surface area contributed by atoms with E-state index in [9.17, 15) is 4.79 Å². The summed E-state index contributed by atoms with van der Waals surface area (Å²) in [6, 6.07) is 6.49. The maximum atomic E-state index is 12.0. The summed E-state index contributed by atoms with van der Waals surface area (Å²) in [5.41, 5.74) is 3.73. The fourth-order valence-corrected chi connectivity index (χ4v) is 2.83. The van der Waals surface area contributed by atoms with Gasteiger partial charge in [-0.25, -0.2) is 0 Å². The second kappa shape index (κ2) is 6.75. The fourth-order valence-electron chi connectivity index (χ4n) is 2.83. The number of carbonyl (C=O) groups excluding carboxylic acids is 1. The fraction of sp³-hybridized carbons (Fsp3) is 0.562. The van der Waals surface area contributed by atoms with Crippen LogP contribution in [0.15, 0.2) is 18.2 Å². The van der Waals surface area contributed by atoms with Crippen LogP contribution in [0.5, 0.6) is 0 Å². The highest BCUT2D eigenvalue weighted by molar-refractivity contribution is 5.86. The van der Waals surface area contributed by atoms with Gasteiger partial charge in [0.15, 0.2) is 0 Å². The number of nitrogens with zero attached hydrogens (tertiary/aromatic N) is 1. The van der Waals surface area contributed by atoms with Gasteiger partial charge in [-0.3, -0.25) is 4.79 Å². The topological polar surface area (TPSA) is 44.4 Å². The van der Waals surface area contributed by atoms with Crippen LogP contribution in [-0.4, -0.2) is 31.6 Å². The van der Waals surface area contributed by atoms with Gasteiger partial charge < -0.3 is 15.5 Å². The molecule has 2 N–H and O–H groups in total. The maximum absolute atomic E-state index is 12.0. The van der Waals surface area contributed by atoms with E-state index in [-0.39, 0.29) is 11.9 Å². The van der Waals surface area contributed by atoms with Crippen molar-refractivity contribution in [2.45, 2.75) is 39.8 Å². The van der Waals surface area contributed by atoms with Gasteiger partial charge in [-0.1, -0.05) is 26.0 Å². The summed E-state index contributed by atoms with van der Waals surface area (Å²) in [4.78, 5) is 14.2. The zero-order chi connectivity index (χ0) is 14.5. The van der Waals surface area contributed by atoms with Crippen molar-refractivity contribution in [2.75, 3.05) is 24.5 Å². The van der Waals surface area contributed by atoms with E-state index in [0.717, 1.165) is 32.6 Å². The van der Waals surface area contributed by atoms with Gasteiger partial charge in [0, 0.05) is 25.3 Å². The summed E-state index contributed by atoms with van der Waals surface area (Å²) in [5, 5.41) is 6.29. The number of anilines is 1. The molecule has 1 unspecified atom stereocenters. The SMILES string of the molecule is CCNCc1ccc(N2CCNC(=O)C2CC)c(C)c1. The molecule has 2 rings (SSSR count). The molecule has 1 aliphatic rings. The zero-order valence-electron chi connectivity index (χ0n) is 12.7. The Bertz CT molecular complexity index is 473. The van der Waals surface area contributed by atoms with E-state index in [2.05, 4.69) is 54.5 Å². The van der Waals surface area contributed by atoms with Crippen LogP contribution in [0.25, 0.3) is 0 Å². The molecule has 0 aromatic heterocycles. The molecule has 1 saturated heterocycles. The minimum atomic E-state index is -0.0398. The monoisotopic (exact) mass is 275 g/mol. The number of amides is 1. The summed E-state index contributed by atoms with van der Waals surface area (Å²) in [5.74, 6) is 0.148. The number of carbonyl (C=O) groups is 1. The van der Waals surface area contributed by atoms with E-state index in [1.807, 2.05) is 0 Å². The molecule has 110 valence electrons. The summed E-state index contributed by atoms with van der Waals surface area (Å²) in [7, 11) is 0. The highest BCUT2D eigenvalue weighted by atomic mass is 16.2. The molecule has 0 saturated carbocycles. The first-order valence-electron chi connectivity index (χ1n) is 7.52. The third kappa shape index (κ3) is 3.12. The van der Waals surface area contributed by atoms with Crippen LogP contribution >= 0.6 is 0 Å². The van der Waals surface area contributed by atoms with E-state index >= 15 is 0 Å². The van der Waals surface area contributed by atoms with Gasteiger partial charge >= 0.3 is 0 Å². The molecule has 20 heavy (non-hydrogen) atoms. The standard InChI is InChI=1S/C16H25N3O/c1-4-14-16(20)18-8-9-19(14)15-7-6-13(10-12(15)3)11-17-5-2/h6-7,10,14,17H,4-5,8-9,11H2,1-3H3,(H,18,20). The molecule has 1 amide bonds. The highest BCUT2D eigenvalue weighted by Gasteiger charge is 2.28. The Balaban J connectivity index is 2.21.